The van der Waals surface area contributed by atoms with E-state index < -0.39 is 5.97 Å². The van der Waals surface area contributed by atoms with Crippen LogP contribution < -0.4 is 4.74 Å². The third-order valence-electron chi connectivity index (χ3n) is 8.49. The number of aromatic hydroxyl groups is 1. The molecule has 0 aliphatic rings. The van der Waals surface area contributed by atoms with Crippen molar-refractivity contribution in [1.29, 1.82) is 0 Å². The minimum Gasteiger partial charge on any atom is -0.507 e. The van der Waals surface area contributed by atoms with Crippen LogP contribution in [0.15, 0.2) is 66.7 Å². The van der Waals surface area contributed by atoms with E-state index >= 15 is 0 Å². The maximum absolute atomic E-state index is 11.1. The Hall–Kier alpha value is -3.80. The lowest BCUT2D eigenvalue weighted by Crippen LogP contribution is -2.24. The quantitative estimate of drug-likeness (QED) is 0.201. The largest absolute Gasteiger partial charge is 0.507 e. The van der Waals surface area contributed by atoms with Crippen LogP contribution >= 0.6 is 0 Å². The number of esters is 1. The number of hydrogen-bond donors (Lipinski definition) is 2. The summed E-state index contributed by atoms with van der Waals surface area (Å²) in [6.45, 7) is 23.2. The molecule has 0 saturated heterocycles. The van der Waals surface area contributed by atoms with Crippen molar-refractivity contribution in [2.45, 2.75) is 120 Å². The molecule has 0 aliphatic heterocycles. The average Bonchev–Trinajstić information content (AvgIpc) is 3.08. The second-order valence-electron chi connectivity index (χ2n) is 13.0. The van der Waals surface area contributed by atoms with Gasteiger partial charge in [0.2, 0.25) is 0 Å². The van der Waals surface area contributed by atoms with Crippen molar-refractivity contribution >= 4 is 11.9 Å². The molecule has 0 saturated carbocycles. The molecule has 2 atom stereocenters. The number of ether oxygens (including phenoxy) is 2. The van der Waals surface area contributed by atoms with Crippen LogP contribution in [0, 0.1) is 18.3 Å². The van der Waals surface area contributed by atoms with Crippen LogP contribution in [0.3, 0.4) is 0 Å². The summed E-state index contributed by atoms with van der Waals surface area (Å²) in [6, 6.07) is 21.8. The topological polar surface area (TPSA) is 93.1 Å². The van der Waals surface area contributed by atoms with Crippen LogP contribution in [0.25, 0.3) is 0 Å². The zero-order valence-corrected chi connectivity index (χ0v) is 31.1. The molecule has 0 bridgehead atoms. The monoisotopic (exact) mass is 650 g/mol. The van der Waals surface area contributed by atoms with E-state index in [1.165, 1.54) is 37.1 Å². The molecule has 47 heavy (non-hydrogen) atoms. The number of carbonyl (C=O) groups excluding carboxylic acids is 1. The zero-order chi connectivity index (χ0) is 36.2. The number of benzene rings is 3. The van der Waals surface area contributed by atoms with Crippen LogP contribution in [-0.4, -0.2) is 29.3 Å². The van der Waals surface area contributed by atoms with E-state index in [2.05, 4.69) is 95.7 Å². The van der Waals surface area contributed by atoms with Gasteiger partial charge >= 0.3 is 11.9 Å². The first-order valence-corrected chi connectivity index (χ1v) is 17.0. The van der Waals surface area contributed by atoms with Crippen LogP contribution in [0.5, 0.6) is 11.5 Å². The summed E-state index contributed by atoms with van der Waals surface area (Å²) in [5.41, 5.74) is 3.78. The van der Waals surface area contributed by atoms with E-state index in [1.54, 1.807) is 13.0 Å². The van der Waals surface area contributed by atoms with E-state index in [1.807, 2.05) is 32.9 Å². The summed E-state index contributed by atoms with van der Waals surface area (Å²) < 4.78 is 10.2. The van der Waals surface area contributed by atoms with E-state index in [0.29, 0.717) is 29.8 Å². The van der Waals surface area contributed by atoms with Crippen molar-refractivity contribution < 1.29 is 29.3 Å². The van der Waals surface area contributed by atoms with Gasteiger partial charge in [-0.2, -0.15) is 0 Å². The third-order valence-corrected chi connectivity index (χ3v) is 8.49. The van der Waals surface area contributed by atoms with Gasteiger partial charge in [-0.3, -0.25) is 4.79 Å². The lowest BCUT2D eigenvalue weighted by atomic mass is 9.91. The van der Waals surface area contributed by atoms with Gasteiger partial charge < -0.3 is 19.7 Å². The van der Waals surface area contributed by atoms with Crippen molar-refractivity contribution in [3.63, 3.8) is 0 Å². The molecule has 0 fully saturated rings. The Kier molecular flexibility index (Phi) is 20.8. The predicted molar refractivity (Wildman–Crippen MR) is 196 cm³/mol. The number of hydrogen-bond acceptors (Lipinski definition) is 5. The number of phenols is 1. The molecule has 6 heteroatoms. The van der Waals surface area contributed by atoms with Gasteiger partial charge in [-0.25, -0.2) is 4.79 Å². The maximum Gasteiger partial charge on any atom is 0.339 e. The molecule has 3 aromatic carbocycles. The Labute approximate surface area is 285 Å². The molecule has 2 N–H and O–H groups in total. The van der Waals surface area contributed by atoms with Gasteiger partial charge in [0.1, 0.15) is 23.7 Å². The van der Waals surface area contributed by atoms with E-state index in [4.69, 9.17) is 9.84 Å². The fourth-order valence-corrected chi connectivity index (χ4v) is 3.78. The van der Waals surface area contributed by atoms with Gasteiger partial charge in [0.15, 0.2) is 0 Å². The van der Waals surface area contributed by atoms with Crippen molar-refractivity contribution in [2.75, 3.05) is 7.11 Å². The Morgan fingerprint density at radius 1 is 0.787 bits per heavy atom. The van der Waals surface area contributed by atoms with Gasteiger partial charge in [0, 0.05) is 0 Å². The number of carboxylic acids is 1. The summed E-state index contributed by atoms with van der Waals surface area (Å²) in [5, 5.41) is 18.8. The highest BCUT2D eigenvalue weighted by atomic mass is 16.5. The Bertz CT molecular complexity index is 1300. The van der Waals surface area contributed by atoms with Crippen molar-refractivity contribution in [1.82, 2.24) is 0 Å². The minimum atomic E-state index is -1.17. The number of rotatable bonds is 11. The molecule has 6 nitrogen and oxygen atoms in total. The molecule has 0 heterocycles. The molecule has 0 aromatic heterocycles. The number of aromatic carboxylic acids is 1. The number of carboxylic acid groups (broad SMARTS) is 1. The second-order valence-corrected chi connectivity index (χ2v) is 13.0. The van der Waals surface area contributed by atoms with Crippen molar-refractivity contribution in [2.24, 2.45) is 11.3 Å². The fourth-order valence-electron chi connectivity index (χ4n) is 3.78. The smallest absolute Gasteiger partial charge is 0.339 e. The van der Waals surface area contributed by atoms with Crippen LogP contribution in [0.1, 0.15) is 139 Å². The normalized spacial score (nSPS) is 11.8. The van der Waals surface area contributed by atoms with Gasteiger partial charge in [-0.15, -0.1) is 0 Å². The van der Waals surface area contributed by atoms with Crippen LogP contribution in [0.2, 0.25) is 0 Å². The summed E-state index contributed by atoms with van der Waals surface area (Å²) >= 11 is 0. The molecule has 3 aromatic rings. The van der Waals surface area contributed by atoms with Gasteiger partial charge in [0.25, 0.3) is 0 Å². The fraction of sp³-hybridized carbons (Fsp3) is 0.512. The third kappa shape index (κ3) is 16.5. The number of aryl methyl sites for hydroxylation is 1. The summed E-state index contributed by atoms with van der Waals surface area (Å²) in [5.74, 6) is 1.03. The zero-order valence-electron chi connectivity index (χ0n) is 31.1. The molecule has 3 rings (SSSR count). The van der Waals surface area contributed by atoms with Gasteiger partial charge in [0.05, 0.1) is 12.5 Å². The standard InChI is InChI=1S/C19H22O4.C10H14.C7H14O2.C5H12/c1-4-12(2)15-7-5-14(6-8-15)11-23-16-9-13(3)18(20)17(10-16)19(21)22;1-3-9(2)10-7-5-4-6-8-10;1-5-7(2,3)6(8)9-4;1-4-5(2)3/h5-10,12,20H,4,11H2,1-3H3,(H,21,22);4-9H,3H2,1-2H3;5H2,1-4H3;5H,4H2,1-3H3. The first kappa shape index (κ1) is 43.2. The molecule has 0 aliphatic carbocycles. The number of carbonyl (C=O) groups is 2. The average molecular weight is 651 g/mol. The molecule has 0 amide bonds. The highest BCUT2D eigenvalue weighted by Gasteiger charge is 2.25. The van der Waals surface area contributed by atoms with Crippen molar-refractivity contribution in [3.8, 4) is 11.5 Å². The molecular weight excluding hydrogens is 588 g/mol. The van der Waals surface area contributed by atoms with Crippen LogP contribution in [0.4, 0.5) is 0 Å². The van der Waals surface area contributed by atoms with Gasteiger partial charge in [-0.05, 0) is 92.2 Å². The molecule has 262 valence electrons. The Balaban J connectivity index is 0.000000725. The summed E-state index contributed by atoms with van der Waals surface area (Å²) in [4.78, 5) is 22.0. The Morgan fingerprint density at radius 3 is 1.66 bits per heavy atom. The molecule has 0 radical (unpaired) electrons. The molecule has 2 unspecified atom stereocenters. The summed E-state index contributed by atoms with van der Waals surface area (Å²) in [7, 11) is 1.42. The highest BCUT2D eigenvalue weighted by Crippen LogP contribution is 2.28. The summed E-state index contributed by atoms with van der Waals surface area (Å²) in [6.07, 6.45) is 4.45. The first-order chi connectivity index (χ1) is 22.1. The van der Waals surface area contributed by atoms with E-state index in [9.17, 15) is 14.7 Å². The second kappa shape index (κ2) is 22.7. The SMILES string of the molecule is CCC(C)(C)C(=O)OC.CCC(C)C.CCC(C)c1ccc(COc2cc(C)c(O)c(C(=O)O)c2)cc1.CCC(C)c1ccccc1. The molecule has 0 spiro atoms. The first-order valence-electron chi connectivity index (χ1n) is 17.0. The number of methoxy groups -OCH3 is 1. The van der Waals surface area contributed by atoms with Gasteiger partial charge in [-0.1, -0.05) is 116 Å². The van der Waals surface area contributed by atoms with E-state index in [-0.39, 0.29) is 22.7 Å². The predicted octanol–water partition coefficient (Wildman–Crippen LogP) is 11.3. The van der Waals surface area contributed by atoms with Crippen molar-refractivity contribution in [3.05, 3.63) is 94.5 Å². The van der Waals surface area contributed by atoms with E-state index in [0.717, 1.165) is 24.3 Å². The maximum atomic E-state index is 11.1. The highest BCUT2D eigenvalue weighted by molar-refractivity contribution is 5.91. The molecular formula is C41H62O6. The minimum absolute atomic E-state index is 0.134. The lowest BCUT2D eigenvalue weighted by molar-refractivity contribution is -0.150. The lowest BCUT2D eigenvalue weighted by Gasteiger charge is -2.17. The van der Waals surface area contributed by atoms with Crippen LogP contribution in [-0.2, 0) is 16.1 Å². The Morgan fingerprint density at radius 2 is 1.28 bits per heavy atom.